The van der Waals surface area contributed by atoms with Gasteiger partial charge in [0.25, 0.3) is 5.56 Å². The molecule has 0 unspecified atom stereocenters. The lowest BCUT2D eigenvalue weighted by Crippen LogP contribution is -2.34. The number of fused-ring (bicyclic) bond motifs is 2. The largest absolute Gasteiger partial charge is 0.349 e. The van der Waals surface area contributed by atoms with E-state index in [1.54, 1.807) is 30.5 Å². The van der Waals surface area contributed by atoms with Gasteiger partial charge in [-0.15, -0.1) is 5.10 Å². The Morgan fingerprint density at radius 3 is 2.92 bits per heavy atom. The first kappa shape index (κ1) is 15.9. The molecule has 0 fully saturated rings. The molecular formula is C18H16N6O2. The second-order valence-electron chi connectivity index (χ2n) is 5.98. The molecule has 4 aromatic rings. The highest BCUT2D eigenvalue weighted by Gasteiger charge is 2.11. The van der Waals surface area contributed by atoms with Crippen LogP contribution in [0.15, 0.2) is 53.6 Å². The average molecular weight is 348 g/mol. The normalized spacial score (nSPS) is 11.1. The number of hydrogen-bond acceptors (Lipinski definition) is 5. The Hall–Kier alpha value is -3.55. The van der Waals surface area contributed by atoms with Crippen LogP contribution in [0.25, 0.3) is 16.6 Å². The number of hydrogen-bond donors (Lipinski definition) is 1. The number of imidazole rings is 1. The zero-order valence-corrected chi connectivity index (χ0v) is 14.1. The van der Waals surface area contributed by atoms with Crippen molar-refractivity contribution in [1.29, 1.82) is 0 Å². The van der Waals surface area contributed by atoms with E-state index < -0.39 is 0 Å². The summed E-state index contributed by atoms with van der Waals surface area (Å²) in [6, 6.07) is 10.8. The number of pyridine rings is 1. The molecule has 4 rings (SSSR count). The van der Waals surface area contributed by atoms with Crippen molar-refractivity contribution in [3.63, 3.8) is 0 Å². The molecular weight excluding hydrogens is 332 g/mol. The lowest BCUT2D eigenvalue weighted by Gasteiger charge is -2.07. The van der Waals surface area contributed by atoms with Crippen LogP contribution in [0.4, 0.5) is 0 Å². The van der Waals surface area contributed by atoms with Gasteiger partial charge < -0.3 is 9.72 Å². The van der Waals surface area contributed by atoms with Gasteiger partial charge in [0.15, 0.2) is 0 Å². The minimum absolute atomic E-state index is 0.188. The zero-order valence-electron chi connectivity index (χ0n) is 14.1. The number of amides is 1. The third-order valence-corrected chi connectivity index (χ3v) is 4.20. The molecule has 0 aliphatic rings. The highest BCUT2D eigenvalue weighted by molar-refractivity contribution is 5.78. The molecule has 0 bridgehead atoms. The molecule has 8 nitrogen and oxygen atoms in total. The van der Waals surface area contributed by atoms with Crippen molar-refractivity contribution in [2.24, 2.45) is 0 Å². The van der Waals surface area contributed by atoms with Crippen molar-refractivity contribution in [3.8, 4) is 0 Å². The lowest BCUT2D eigenvalue weighted by molar-refractivity contribution is -0.122. The maximum atomic E-state index is 12.4. The second kappa shape index (κ2) is 6.40. The third-order valence-electron chi connectivity index (χ3n) is 4.20. The molecule has 26 heavy (non-hydrogen) atoms. The van der Waals surface area contributed by atoms with E-state index in [0.717, 1.165) is 21.6 Å². The lowest BCUT2D eigenvalue weighted by atomic mass is 10.2. The number of nitrogens with one attached hydrogen (secondary N) is 1. The fourth-order valence-electron chi connectivity index (χ4n) is 2.84. The summed E-state index contributed by atoms with van der Waals surface area (Å²) in [5, 5.41) is 11.0. The van der Waals surface area contributed by atoms with Gasteiger partial charge in [-0.1, -0.05) is 23.4 Å². The van der Waals surface area contributed by atoms with E-state index in [9.17, 15) is 9.59 Å². The van der Waals surface area contributed by atoms with E-state index in [1.165, 1.54) is 0 Å². The van der Waals surface area contributed by atoms with Gasteiger partial charge >= 0.3 is 0 Å². The van der Waals surface area contributed by atoms with Gasteiger partial charge in [-0.25, -0.2) is 9.67 Å². The van der Waals surface area contributed by atoms with Crippen molar-refractivity contribution in [3.05, 3.63) is 70.4 Å². The van der Waals surface area contributed by atoms with E-state index in [0.29, 0.717) is 17.4 Å². The second-order valence-corrected chi connectivity index (χ2v) is 5.98. The highest BCUT2D eigenvalue weighted by Crippen LogP contribution is 2.10. The summed E-state index contributed by atoms with van der Waals surface area (Å²) in [6.07, 6.45) is 3.63. The van der Waals surface area contributed by atoms with Crippen LogP contribution in [-0.4, -0.2) is 30.3 Å². The van der Waals surface area contributed by atoms with Gasteiger partial charge in [0.2, 0.25) is 5.91 Å². The van der Waals surface area contributed by atoms with Crippen LogP contribution in [0.5, 0.6) is 0 Å². The van der Waals surface area contributed by atoms with Gasteiger partial charge in [0, 0.05) is 6.20 Å². The molecule has 8 heteroatoms. The maximum absolute atomic E-state index is 12.4. The molecule has 130 valence electrons. The van der Waals surface area contributed by atoms with E-state index in [4.69, 9.17) is 0 Å². The number of aryl methyl sites for hydroxylation is 1. The Bertz CT molecular complexity index is 1180. The summed E-state index contributed by atoms with van der Waals surface area (Å²) in [4.78, 5) is 29.0. The van der Waals surface area contributed by atoms with Gasteiger partial charge in [-0.05, 0) is 30.7 Å². The maximum Gasteiger partial charge on any atom is 0.278 e. The summed E-state index contributed by atoms with van der Waals surface area (Å²) < 4.78 is 2.99. The van der Waals surface area contributed by atoms with Gasteiger partial charge in [0.05, 0.1) is 23.8 Å². The predicted molar refractivity (Wildman–Crippen MR) is 95.6 cm³/mol. The molecule has 0 spiro atoms. The van der Waals surface area contributed by atoms with Crippen molar-refractivity contribution in [1.82, 2.24) is 29.7 Å². The molecule has 0 aliphatic heterocycles. The molecule has 3 aromatic heterocycles. The Morgan fingerprint density at radius 1 is 1.19 bits per heavy atom. The van der Waals surface area contributed by atoms with Crippen molar-refractivity contribution >= 4 is 22.5 Å². The van der Waals surface area contributed by atoms with Gasteiger partial charge in [0.1, 0.15) is 17.7 Å². The molecule has 0 aliphatic carbocycles. The first-order valence-electron chi connectivity index (χ1n) is 8.14. The molecule has 0 atom stereocenters. The Kier molecular flexibility index (Phi) is 3.92. The fraction of sp³-hybridized carbons (Fsp3) is 0.167. The number of carbonyl (C=O) groups excluding carboxylic acids is 1. The molecule has 1 aromatic carbocycles. The number of nitrogens with zero attached hydrogens (tertiary/aromatic N) is 5. The van der Waals surface area contributed by atoms with Crippen LogP contribution >= 0.6 is 0 Å². The monoisotopic (exact) mass is 348 g/mol. The van der Waals surface area contributed by atoms with Crippen LogP contribution < -0.4 is 10.9 Å². The smallest absolute Gasteiger partial charge is 0.278 e. The average Bonchev–Trinajstić information content (AvgIpc) is 3.07. The van der Waals surface area contributed by atoms with Crippen molar-refractivity contribution < 1.29 is 4.79 Å². The molecule has 0 radical (unpaired) electrons. The number of aromatic nitrogens is 5. The topological polar surface area (TPSA) is 94.2 Å². The third kappa shape index (κ3) is 2.81. The predicted octanol–water partition coefficient (Wildman–Crippen LogP) is 1.06. The minimum atomic E-state index is -0.337. The van der Waals surface area contributed by atoms with Crippen molar-refractivity contribution in [2.45, 2.75) is 20.0 Å². The fourth-order valence-corrected chi connectivity index (χ4v) is 2.84. The number of rotatable bonds is 4. The first-order valence-corrected chi connectivity index (χ1v) is 8.14. The molecule has 0 saturated heterocycles. The minimum Gasteiger partial charge on any atom is -0.349 e. The van der Waals surface area contributed by atoms with Crippen LogP contribution in [0.2, 0.25) is 0 Å². The Morgan fingerprint density at radius 2 is 2.04 bits per heavy atom. The summed E-state index contributed by atoms with van der Waals surface area (Å²) in [7, 11) is 0. The van der Waals surface area contributed by atoms with Gasteiger partial charge in [-0.3, -0.25) is 9.59 Å². The van der Waals surface area contributed by atoms with E-state index in [-0.39, 0.29) is 18.0 Å². The summed E-state index contributed by atoms with van der Waals surface area (Å²) in [5.74, 6) is -0.320. The van der Waals surface area contributed by atoms with E-state index in [1.807, 2.05) is 29.7 Å². The molecule has 1 N–H and O–H groups in total. The van der Waals surface area contributed by atoms with Crippen LogP contribution in [0.1, 0.15) is 11.3 Å². The quantitative estimate of drug-likeness (QED) is 0.595. The van der Waals surface area contributed by atoms with E-state index >= 15 is 0 Å². The first-order chi connectivity index (χ1) is 12.6. The van der Waals surface area contributed by atoms with Gasteiger partial charge in [-0.2, -0.15) is 0 Å². The van der Waals surface area contributed by atoms with E-state index in [2.05, 4.69) is 20.6 Å². The SMILES string of the molecule is Cc1cccn2c(CNC(=O)Cn3nnc4ccccc4c3=O)cnc12. The standard InChI is InChI=1S/C18H16N6O2/c1-12-5-4-8-23-13(10-20-17(12)23)9-19-16(25)11-24-18(26)14-6-2-3-7-15(14)21-22-24/h2-8,10H,9,11H2,1H3,(H,19,25). The van der Waals surface area contributed by atoms with Crippen LogP contribution in [-0.2, 0) is 17.9 Å². The zero-order chi connectivity index (χ0) is 18.1. The van der Waals surface area contributed by atoms with Crippen molar-refractivity contribution in [2.75, 3.05) is 0 Å². The highest BCUT2D eigenvalue weighted by atomic mass is 16.2. The number of carbonyl (C=O) groups is 1. The molecule has 0 saturated carbocycles. The summed E-state index contributed by atoms with van der Waals surface area (Å²) in [5.41, 5.74) is 2.94. The van der Waals surface area contributed by atoms with Crippen LogP contribution in [0, 0.1) is 6.92 Å². The number of benzene rings is 1. The Balaban J connectivity index is 1.50. The molecule has 3 heterocycles. The molecule has 1 amide bonds. The Labute approximate surface area is 148 Å². The van der Waals surface area contributed by atoms with Crippen LogP contribution in [0.3, 0.4) is 0 Å². The summed E-state index contributed by atoms with van der Waals surface area (Å²) >= 11 is 0. The summed E-state index contributed by atoms with van der Waals surface area (Å²) in [6.45, 7) is 2.10.